The smallest absolute Gasteiger partial charge is 0.319 e. The van der Waals surface area contributed by atoms with Gasteiger partial charge in [0, 0.05) is 24.8 Å². The highest BCUT2D eigenvalue weighted by Crippen LogP contribution is 2.14. The number of hydrogen-bond donors (Lipinski definition) is 4. The van der Waals surface area contributed by atoms with Crippen LogP contribution in [0.5, 0.6) is 0 Å². The number of amides is 5. The average molecular weight is 337 g/mol. The van der Waals surface area contributed by atoms with E-state index in [0.29, 0.717) is 25.2 Å². The molecule has 0 aromatic heterocycles. The molecule has 8 nitrogen and oxygen atoms in total. The Morgan fingerprint density at radius 2 is 1.96 bits per heavy atom. The first-order valence-electron chi connectivity index (χ1n) is 7.52. The van der Waals surface area contributed by atoms with Gasteiger partial charge in [0.1, 0.15) is 5.82 Å². The minimum absolute atomic E-state index is 0.130. The molecular weight excluding hydrogens is 317 g/mol. The second kappa shape index (κ2) is 7.73. The SMILES string of the molecule is C[C@@H](C(=O)NC(N)=O)N1CC[C@@H](NC(=O)Nc2ccc(F)cc2)C1. The zero-order chi connectivity index (χ0) is 17.7. The van der Waals surface area contributed by atoms with Crippen LogP contribution in [0.1, 0.15) is 13.3 Å². The largest absolute Gasteiger partial charge is 0.351 e. The lowest BCUT2D eigenvalue weighted by atomic mass is 10.2. The van der Waals surface area contributed by atoms with E-state index in [1.165, 1.54) is 24.3 Å². The number of nitrogens with zero attached hydrogens (tertiary/aromatic N) is 1. The topological polar surface area (TPSA) is 117 Å². The van der Waals surface area contributed by atoms with Crippen LogP contribution >= 0.6 is 0 Å². The fourth-order valence-electron chi connectivity index (χ4n) is 2.53. The molecule has 2 rings (SSSR count). The summed E-state index contributed by atoms with van der Waals surface area (Å²) in [5.41, 5.74) is 5.41. The molecule has 1 fully saturated rings. The van der Waals surface area contributed by atoms with Crippen molar-refractivity contribution in [1.29, 1.82) is 0 Å². The standard InChI is InChI=1S/C15H20FN5O3/c1-9(13(22)20-14(17)23)21-7-6-12(8-21)19-15(24)18-11-4-2-10(16)3-5-11/h2-5,9,12H,6-8H2,1H3,(H2,18,19,24)(H3,17,20,22,23)/t9-,12+/m0/s1. The van der Waals surface area contributed by atoms with Crippen LogP contribution in [0.2, 0.25) is 0 Å². The number of imide groups is 1. The number of nitrogens with one attached hydrogen (secondary N) is 3. The van der Waals surface area contributed by atoms with E-state index in [1.54, 1.807) is 6.92 Å². The van der Waals surface area contributed by atoms with Gasteiger partial charge in [0.25, 0.3) is 0 Å². The lowest BCUT2D eigenvalue weighted by Gasteiger charge is -2.22. The Balaban J connectivity index is 1.80. The molecule has 2 atom stereocenters. The molecule has 1 aliphatic heterocycles. The minimum atomic E-state index is -0.889. The third-order valence-electron chi connectivity index (χ3n) is 3.83. The van der Waals surface area contributed by atoms with E-state index >= 15 is 0 Å². The van der Waals surface area contributed by atoms with Gasteiger partial charge in [-0.2, -0.15) is 0 Å². The first-order chi connectivity index (χ1) is 11.3. The van der Waals surface area contributed by atoms with E-state index in [0.717, 1.165) is 0 Å². The molecule has 0 spiro atoms. The molecule has 0 unspecified atom stereocenters. The molecule has 0 bridgehead atoms. The van der Waals surface area contributed by atoms with Gasteiger partial charge in [0.05, 0.1) is 6.04 Å². The van der Waals surface area contributed by atoms with Gasteiger partial charge in [-0.05, 0) is 37.6 Å². The molecule has 1 heterocycles. The number of nitrogens with two attached hydrogens (primary N) is 1. The second-order valence-corrected chi connectivity index (χ2v) is 5.62. The molecule has 1 aromatic carbocycles. The molecule has 0 aliphatic carbocycles. The van der Waals surface area contributed by atoms with Crippen molar-refractivity contribution in [3.8, 4) is 0 Å². The zero-order valence-electron chi connectivity index (χ0n) is 13.2. The van der Waals surface area contributed by atoms with Crippen LogP contribution in [0.15, 0.2) is 24.3 Å². The van der Waals surface area contributed by atoms with Crippen molar-refractivity contribution in [1.82, 2.24) is 15.5 Å². The summed E-state index contributed by atoms with van der Waals surface area (Å²) in [7, 11) is 0. The van der Waals surface area contributed by atoms with Crippen molar-refractivity contribution in [3.05, 3.63) is 30.1 Å². The van der Waals surface area contributed by atoms with E-state index in [1.807, 2.05) is 10.2 Å². The molecule has 5 N–H and O–H groups in total. The summed E-state index contributed by atoms with van der Waals surface area (Å²) in [6.07, 6.45) is 0.672. The van der Waals surface area contributed by atoms with Crippen molar-refractivity contribution in [2.24, 2.45) is 5.73 Å². The van der Waals surface area contributed by atoms with E-state index in [-0.39, 0.29) is 11.9 Å². The number of anilines is 1. The molecule has 1 saturated heterocycles. The van der Waals surface area contributed by atoms with Crippen molar-refractivity contribution in [2.75, 3.05) is 18.4 Å². The van der Waals surface area contributed by atoms with Gasteiger partial charge in [0.15, 0.2) is 0 Å². The van der Waals surface area contributed by atoms with Crippen LogP contribution in [-0.4, -0.2) is 48.0 Å². The summed E-state index contributed by atoms with van der Waals surface area (Å²) in [5.74, 6) is -0.852. The molecule has 9 heteroatoms. The van der Waals surface area contributed by atoms with Crippen molar-refractivity contribution >= 4 is 23.7 Å². The van der Waals surface area contributed by atoms with Crippen molar-refractivity contribution < 1.29 is 18.8 Å². The lowest BCUT2D eigenvalue weighted by molar-refractivity contribution is -0.124. The fraction of sp³-hybridized carbons (Fsp3) is 0.400. The fourth-order valence-corrected chi connectivity index (χ4v) is 2.53. The van der Waals surface area contributed by atoms with E-state index in [9.17, 15) is 18.8 Å². The zero-order valence-corrected chi connectivity index (χ0v) is 13.2. The summed E-state index contributed by atoms with van der Waals surface area (Å²) in [4.78, 5) is 36.3. The highest BCUT2D eigenvalue weighted by atomic mass is 19.1. The summed E-state index contributed by atoms with van der Waals surface area (Å²) < 4.78 is 12.8. The van der Waals surface area contributed by atoms with Gasteiger partial charge < -0.3 is 16.4 Å². The average Bonchev–Trinajstić information content (AvgIpc) is 2.96. The number of urea groups is 2. The Morgan fingerprint density at radius 3 is 2.58 bits per heavy atom. The number of likely N-dealkylation sites (tertiary alicyclic amines) is 1. The Labute approximate surface area is 138 Å². The highest BCUT2D eigenvalue weighted by molar-refractivity contribution is 5.96. The first kappa shape index (κ1) is 17.7. The van der Waals surface area contributed by atoms with Crippen LogP contribution in [0.25, 0.3) is 0 Å². The summed E-state index contributed by atoms with van der Waals surface area (Å²) in [6.45, 7) is 2.75. The van der Waals surface area contributed by atoms with Gasteiger partial charge in [0.2, 0.25) is 5.91 Å². The third kappa shape index (κ3) is 4.92. The number of benzene rings is 1. The Hall–Kier alpha value is -2.68. The van der Waals surface area contributed by atoms with E-state index in [4.69, 9.17) is 5.73 Å². The quantitative estimate of drug-likeness (QED) is 0.644. The predicted molar refractivity (Wildman–Crippen MR) is 85.7 cm³/mol. The summed E-state index contributed by atoms with van der Waals surface area (Å²) in [5, 5.41) is 7.45. The van der Waals surface area contributed by atoms with Crippen LogP contribution in [-0.2, 0) is 4.79 Å². The molecule has 1 aliphatic rings. The first-order valence-corrected chi connectivity index (χ1v) is 7.52. The van der Waals surface area contributed by atoms with Gasteiger partial charge >= 0.3 is 12.1 Å². The minimum Gasteiger partial charge on any atom is -0.351 e. The van der Waals surface area contributed by atoms with Gasteiger partial charge in [-0.15, -0.1) is 0 Å². The van der Waals surface area contributed by atoms with Crippen molar-refractivity contribution in [2.45, 2.75) is 25.4 Å². The van der Waals surface area contributed by atoms with E-state index < -0.39 is 24.0 Å². The van der Waals surface area contributed by atoms with Gasteiger partial charge in [-0.1, -0.05) is 0 Å². The number of carbonyl (C=O) groups is 3. The maximum absolute atomic E-state index is 12.8. The number of hydrogen-bond acceptors (Lipinski definition) is 4. The third-order valence-corrected chi connectivity index (χ3v) is 3.83. The number of carbonyl (C=O) groups excluding carboxylic acids is 3. The maximum atomic E-state index is 12.8. The molecule has 24 heavy (non-hydrogen) atoms. The van der Waals surface area contributed by atoms with Crippen LogP contribution in [0.4, 0.5) is 19.7 Å². The summed E-state index contributed by atoms with van der Waals surface area (Å²) >= 11 is 0. The Bertz CT molecular complexity index is 622. The second-order valence-electron chi connectivity index (χ2n) is 5.62. The molecule has 0 radical (unpaired) electrons. The lowest BCUT2D eigenvalue weighted by Crippen LogP contribution is -2.48. The molecule has 1 aromatic rings. The van der Waals surface area contributed by atoms with Crippen LogP contribution in [0, 0.1) is 5.82 Å². The molecular formula is C15H20FN5O3. The van der Waals surface area contributed by atoms with Gasteiger partial charge in [-0.25, -0.2) is 14.0 Å². The maximum Gasteiger partial charge on any atom is 0.319 e. The summed E-state index contributed by atoms with van der Waals surface area (Å²) in [6, 6.07) is 3.50. The number of primary amides is 1. The predicted octanol–water partition coefficient (Wildman–Crippen LogP) is 0.605. The Morgan fingerprint density at radius 1 is 1.29 bits per heavy atom. The van der Waals surface area contributed by atoms with Crippen LogP contribution < -0.4 is 21.7 Å². The Kier molecular flexibility index (Phi) is 5.69. The monoisotopic (exact) mass is 337 g/mol. The van der Waals surface area contributed by atoms with Gasteiger partial charge in [-0.3, -0.25) is 15.0 Å². The molecule has 0 saturated carbocycles. The molecule has 5 amide bonds. The normalized spacial score (nSPS) is 18.7. The highest BCUT2D eigenvalue weighted by Gasteiger charge is 2.30. The van der Waals surface area contributed by atoms with Crippen molar-refractivity contribution in [3.63, 3.8) is 0 Å². The van der Waals surface area contributed by atoms with E-state index in [2.05, 4.69) is 10.6 Å². The number of rotatable bonds is 4. The van der Waals surface area contributed by atoms with Crippen LogP contribution in [0.3, 0.4) is 0 Å². The molecule has 130 valence electrons. The number of halogens is 1.